The largest absolute Gasteiger partial charge is 0.342 e. The molecule has 8 heavy (non-hydrogen) atoms. The van der Waals surface area contributed by atoms with Gasteiger partial charge in [0.05, 0.1) is 7.70 Å². The van der Waals surface area contributed by atoms with Gasteiger partial charge in [-0.2, -0.15) is 4.98 Å². The minimum Gasteiger partial charge on any atom is -0.342 e. The van der Waals surface area contributed by atoms with Crippen LogP contribution in [0.15, 0.2) is 23.4 Å². The highest BCUT2D eigenvalue weighted by Crippen LogP contribution is 1.68. The molecular weight excluding hydrogens is 104 g/mol. The summed E-state index contributed by atoms with van der Waals surface area (Å²) in [6, 6.07) is -0.0694. The molecule has 1 heterocycles. The molecule has 1 aromatic rings. The fourth-order valence-corrected chi connectivity index (χ4v) is 0.371. The third-order valence-electron chi connectivity index (χ3n) is 0.749. The van der Waals surface area contributed by atoms with Gasteiger partial charge in [0.25, 0.3) is 5.56 Å². The van der Waals surface area contributed by atoms with Crippen LogP contribution in [0.25, 0.3) is 0 Å². The van der Waals surface area contributed by atoms with Gasteiger partial charge < -0.3 is 4.57 Å². The molecule has 0 aliphatic carbocycles. The lowest BCUT2D eigenvalue weighted by Crippen LogP contribution is -2.05. The molecule has 42 valence electrons. The lowest BCUT2D eigenvalue weighted by atomic mass is 10.6. The molecule has 0 aromatic carbocycles. The maximum absolute atomic E-state index is 10.5. The standard InChI is InChI=1S/C5H6N2O/c1-7-3-2-5(8)6-4-7/h2-4H,1H3/i2D. The summed E-state index contributed by atoms with van der Waals surface area (Å²) in [5, 5.41) is 0. The van der Waals surface area contributed by atoms with Crippen LogP contribution < -0.4 is 5.56 Å². The molecule has 0 N–H and O–H groups in total. The summed E-state index contributed by atoms with van der Waals surface area (Å²) >= 11 is 0. The number of hydrogen-bond donors (Lipinski definition) is 0. The molecule has 1 rings (SSSR count). The quantitative estimate of drug-likeness (QED) is 0.464. The van der Waals surface area contributed by atoms with Gasteiger partial charge in [0.2, 0.25) is 0 Å². The Labute approximate surface area is 48.0 Å². The van der Waals surface area contributed by atoms with E-state index in [1.165, 1.54) is 12.5 Å². The third kappa shape index (κ3) is 0.932. The molecule has 0 aliphatic heterocycles. The minimum absolute atomic E-state index is 0.0694. The molecule has 0 spiro atoms. The monoisotopic (exact) mass is 111 g/mol. The van der Waals surface area contributed by atoms with Crippen molar-refractivity contribution in [2.24, 2.45) is 7.05 Å². The maximum Gasteiger partial charge on any atom is 0.272 e. The number of nitrogens with zero attached hydrogens (tertiary/aromatic N) is 2. The van der Waals surface area contributed by atoms with Crippen molar-refractivity contribution in [3.8, 4) is 0 Å². The van der Waals surface area contributed by atoms with Gasteiger partial charge in [-0.05, 0) is 0 Å². The molecule has 0 saturated carbocycles. The third-order valence-corrected chi connectivity index (χ3v) is 0.749. The van der Waals surface area contributed by atoms with Crippen molar-refractivity contribution in [2.75, 3.05) is 0 Å². The Kier molecular flexibility index (Phi) is 0.850. The Balaban J connectivity index is 3.34. The highest BCUT2D eigenvalue weighted by Gasteiger charge is 1.77. The molecule has 0 bridgehead atoms. The fourth-order valence-electron chi connectivity index (χ4n) is 0.371. The zero-order chi connectivity index (χ0) is 6.85. The van der Waals surface area contributed by atoms with E-state index in [0.29, 0.717) is 0 Å². The Hall–Kier alpha value is -1.12. The van der Waals surface area contributed by atoms with Crippen molar-refractivity contribution in [1.82, 2.24) is 9.55 Å². The Bertz CT molecular complexity index is 268. The van der Waals surface area contributed by atoms with Crippen LogP contribution in [0, 0.1) is 0 Å². The topological polar surface area (TPSA) is 34.9 Å². The molecule has 0 aliphatic rings. The van der Waals surface area contributed by atoms with Gasteiger partial charge in [-0.15, -0.1) is 0 Å². The van der Waals surface area contributed by atoms with Gasteiger partial charge in [0, 0.05) is 19.3 Å². The Morgan fingerprint density at radius 2 is 2.75 bits per heavy atom. The van der Waals surface area contributed by atoms with Gasteiger partial charge in [0.1, 0.15) is 0 Å². The summed E-state index contributed by atoms with van der Waals surface area (Å²) in [5.74, 6) is 0. The molecule has 0 saturated heterocycles. The maximum atomic E-state index is 10.5. The van der Waals surface area contributed by atoms with Crippen molar-refractivity contribution in [3.05, 3.63) is 28.9 Å². The summed E-state index contributed by atoms with van der Waals surface area (Å²) in [5.41, 5.74) is -0.479. The van der Waals surface area contributed by atoms with Crippen molar-refractivity contribution in [1.29, 1.82) is 0 Å². The number of aromatic nitrogens is 2. The van der Waals surface area contributed by atoms with E-state index in [2.05, 4.69) is 4.98 Å². The van der Waals surface area contributed by atoms with E-state index in [9.17, 15) is 4.79 Å². The van der Waals surface area contributed by atoms with Crippen LogP contribution in [0.5, 0.6) is 0 Å². The van der Waals surface area contributed by atoms with Crippen LogP contribution in [0.1, 0.15) is 1.37 Å². The first kappa shape index (κ1) is 3.83. The van der Waals surface area contributed by atoms with E-state index >= 15 is 0 Å². The zero-order valence-corrected chi connectivity index (χ0v) is 4.46. The molecule has 0 fully saturated rings. The molecule has 3 heteroatoms. The molecule has 3 nitrogen and oxygen atoms in total. The van der Waals surface area contributed by atoms with Crippen LogP contribution in [0.3, 0.4) is 0 Å². The normalized spacial score (nSPS) is 10.9. The van der Waals surface area contributed by atoms with E-state index < -0.39 is 5.56 Å². The van der Waals surface area contributed by atoms with Gasteiger partial charge in [-0.25, -0.2) is 0 Å². The van der Waals surface area contributed by atoms with E-state index in [0.717, 1.165) is 0 Å². The molecule has 0 radical (unpaired) electrons. The van der Waals surface area contributed by atoms with E-state index in [-0.39, 0.29) is 6.04 Å². The SMILES string of the molecule is [2H]c1cn(C)cnc1=O. The van der Waals surface area contributed by atoms with Gasteiger partial charge in [-0.1, -0.05) is 0 Å². The predicted molar refractivity (Wildman–Crippen MR) is 29.5 cm³/mol. The average molecular weight is 111 g/mol. The number of aryl methyl sites for hydroxylation is 1. The lowest BCUT2D eigenvalue weighted by Gasteiger charge is -1.88. The van der Waals surface area contributed by atoms with Crippen molar-refractivity contribution < 1.29 is 1.37 Å². The van der Waals surface area contributed by atoms with Crippen LogP contribution in [-0.2, 0) is 7.05 Å². The first-order valence-corrected chi connectivity index (χ1v) is 2.19. The van der Waals surface area contributed by atoms with Crippen molar-refractivity contribution >= 4 is 0 Å². The Morgan fingerprint density at radius 3 is 3.25 bits per heavy atom. The molecule has 0 unspecified atom stereocenters. The first-order chi connectivity index (χ1) is 4.20. The fraction of sp³-hybridized carbons (Fsp3) is 0.200. The number of rotatable bonds is 0. The van der Waals surface area contributed by atoms with Gasteiger partial charge >= 0.3 is 0 Å². The van der Waals surface area contributed by atoms with Crippen LogP contribution in [0.2, 0.25) is 0 Å². The molecule has 1 aromatic heterocycles. The van der Waals surface area contributed by atoms with Crippen molar-refractivity contribution in [3.63, 3.8) is 0 Å². The summed E-state index contributed by atoms with van der Waals surface area (Å²) < 4.78 is 8.52. The summed E-state index contributed by atoms with van der Waals surface area (Å²) in [6.07, 6.45) is 2.79. The van der Waals surface area contributed by atoms with Crippen LogP contribution in [0.4, 0.5) is 0 Å². The van der Waals surface area contributed by atoms with E-state index in [4.69, 9.17) is 1.37 Å². The van der Waals surface area contributed by atoms with Gasteiger partial charge in [0.15, 0.2) is 0 Å². The number of hydrogen-bond acceptors (Lipinski definition) is 2. The summed E-state index contributed by atoms with van der Waals surface area (Å²) in [6.45, 7) is 0. The van der Waals surface area contributed by atoms with Crippen molar-refractivity contribution in [2.45, 2.75) is 0 Å². The van der Waals surface area contributed by atoms with Gasteiger partial charge in [-0.3, -0.25) is 4.79 Å². The molecular formula is C5H6N2O. The van der Waals surface area contributed by atoms with E-state index in [1.54, 1.807) is 11.6 Å². The summed E-state index contributed by atoms with van der Waals surface area (Å²) in [4.78, 5) is 13.9. The highest BCUT2D eigenvalue weighted by molar-refractivity contribution is 4.79. The first-order valence-electron chi connectivity index (χ1n) is 2.69. The second-order valence-electron chi connectivity index (χ2n) is 1.49. The minimum atomic E-state index is -0.479. The molecule has 0 amide bonds. The van der Waals surface area contributed by atoms with Crippen LogP contribution in [-0.4, -0.2) is 9.55 Å². The highest BCUT2D eigenvalue weighted by atomic mass is 16.1. The lowest BCUT2D eigenvalue weighted by molar-refractivity contribution is 0.853. The average Bonchev–Trinajstić information content (AvgIpc) is 1.80. The summed E-state index contributed by atoms with van der Waals surface area (Å²) in [7, 11) is 1.71. The predicted octanol–water partition coefficient (Wildman–Crippen LogP) is -0.220. The second kappa shape index (κ2) is 1.78. The van der Waals surface area contributed by atoms with E-state index in [1.807, 2.05) is 0 Å². The van der Waals surface area contributed by atoms with Crippen LogP contribution >= 0.6 is 0 Å². The second-order valence-corrected chi connectivity index (χ2v) is 1.49. The zero-order valence-electron chi connectivity index (χ0n) is 5.46. The Morgan fingerprint density at radius 1 is 2.00 bits per heavy atom. The smallest absolute Gasteiger partial charge is 0.272 e. The molecule has 0 atom stereocenters.